The standard InChI is InChI=1S/C9H9N3O2/c1-2-3-6-10-9-8(12(13)14)5-4-7-11-9/h4-5,7H,6H2,1H3,(H,10,11). The second-order valence-electron chi connectivity index (χ2n) is 2.41. The molecule has 0 aromatic carbocycles. The number of aromatic nitrogens is 1. The van der Waals surface area contributed by atoms with E-state index in [0.717, 1.165) is 0 Å². The quantitative estimate of drug-likeness (QED) is 0.445. The molecule has 0 aliphatic rings. The van der Waals surface area contributed by atoms with Crippen molar-refractivity contribution in [1.29, 1.82) is 0 Å². The van der Waals surface area contributed by atoms with Crippen LogP contribution in [-0.4, -0.2) is 16.5 Å². The van der Waals surface area contributed by atoms with Gasteiger partial charge < -0.3 is 5.32 Å². The summed E-state index contributed by atoms with van der Waals surface area (Å²) in [5, 5.41) is 13.3. The third-order valence-corrected chi connectivity index (χ3v) is 1.50. The predicted molar refractivity (Wildman–Crippen MR) is 52.8 cm³/mol. The minimum absolute atomic E-state index is 0.0367. The second kappa shape index (κ2) is 4.82. The van der Waals surface area contributed by atoms with Crippen molar-refractivity contribution in [2.75, 3.05) is 11.9 Å². The molecule has 1 aromatic rings. The number of rotatable bonds is 3. The number of hydrogen-bond acceptors (Lipinski definition) is 4. The molecule has 0 aliphatic carbocycles. The van der Waals surface area contributed by atoms with Crippen molar-refractivity contribution < 1.29 is 4.92 Å². The van der Waals surface area contributed by atoms with Gasteiger partial charge in [-0.25, -0.2) is 4.98 Å². The number of nitrogens with zero attached hydrogens (tertiary/aromatic N) is 2. The molecule has 0 unspecified atom stereocenters. The zero-order chi connectivity index (χ0) is 10.4. The highest BCUT2D eigenvalue weighted by molar-refractivity contribution is 5.55. The van der Waals surface area contributed by atoms with Crippen LogP contribution < -0.4 is 5.32 Å². The first-order valence-corrected chi connectivity index (χ1v) is 3.98. The maximum atomic E-state index is 10.5. The summed E-state index contributed by atoms with van der Waals surface area (Å²) in [7, 11) is 0. The summed E-state index contributed by atoms with van der Waals surface area (Å²) in [4.78, 5) is 13.9. The van der Waals surface area contributed by atoms with E-state index in [-0.39, 0.29) is 11.5 Å². The van der Waals surface area contributed by atoms with E-state index >= 15 is 0 Å². The molecule has 0 bridgehead atoms. The first kappa shape index (κ1) is 9.99. The van der Waals surface area contributed by atoms with E-state index in [1.165, 1.54) is 18.3 Å². The molecular weight excluding hydrogens is 182 g/mol. The Morgan fingerprint density at radius 2 is 2.50 bits per heavy atom. The van der Waals surface area contributed by atoms with Gasteiger partial charge in [0.05, 0.1) is 11.5 Å². The highest BCUT2D eigenvalue weighted by Crippen LogP contribution is 2.19. The van der Waals surface area contributed by atoms with Crippen molar-refractivity contribution in [1.82, 2.24) is 4.98 Å². The van der Waals surface area contributed by atoms with E-state index in [9.17, 15) is 10.1 Å². The zero-order valence-corrected chi connectivity index (χ0v) is 7.65. The number of hydrogen-bond donors (Lipinski definition) is 1. The third kappa shape index (κ3) is 2.45. The summed E-state index contributed by atoms with van der Waals surface area (Å²) in [6.07, 6.45) is 1.49. The van der Waals surface area contributed by atoms with Crippen molar-refractivity contribution in [2.24, 2.45) is 0 Å². The van der Waals surface area contributed by atoms with Crippen LogP contribution in [0, 0.1) is 22.0 Å². The minimum Gasteiger partial charge on any atom is -0.353 e. The maximum Gasteiger partial charge on any atom is 0.311 e. The molecular formula is C9H9N3O2. The minimum atomic E-state index is -0.477. The van der Waals surface area contributed by atoms with E-state index in [1.807, 2.05) is 0 Å². The van der Waals surface area contributed by atoms with Gasteiger partial charge in [0.25, 0.3) is 0 Å². The lowest BCUT2D eigenvalue weighted by Gasteiger charge is -2.00. The van der Waals surface area contributed by atoms with Gasteiger partial charge >= 0.3 is 5.69 Å². The SMILES string of the molecule is CC#CCNc1ncccc1[N+](=O)[O-]. The lowest BCUT2D eigenvalue weighted by atomic mass is 10.4. The first-order chi connectivity index (χ1) is 6.75. The predicted octanol–water partition coefficient (Wildman–Crippen LogP) is 1.42. The molecule has 0 saturated carbocycles. The first-order valence-electron chi connectivity index (χ1n) is 3.98. The van der Waals surface area contributed by atoms with Gasteiger partial charge in [0, 0.05) is 12.3 Å². The molecule has 72 valence electrons. The highest BCUT2D eigenvalue weighted by Gasteiger charge is 2.12. The maximum absolute atomic E-state index is 10.5. The van der Waals surface area contributed by atoms with Gasteiger partial charge in [-0.1, -0.05) is 5.92 Å². The largest absolute Gasteiger partial charge is 0.353 e. The Morgan fingerprint density at radius 1 is 1.71 bits per heavy atom. The number of anilines is 1. The Morgan fingerprint density at radius 3 is 3.14 bits per heavy atom. The lowest BCUT2D eigenvalue weighted by Crippen LogP contribution is -2.04. The lowest BCUT2D eigenvalue weighted by molar-refractivity contribution is -0.384. The summed E-state index contributed by atoms with van der Waals surface area (Å²) >= 11 is 0. The van der Waals surface area contributed by atoms with Gasteiger partial charge in [0.1, 0.15) is 0 Å². The average Bonchev–Trinajstić information content (AvgIpc) is 2.19. The summed E-state index contributed by atoms with van der Waals surface area (Å²) in [6, 6.07) is 2.92. The second-order valence-corrected chi connectivity index (χ2v) is 2.41. The Balaban J connectivity index is 2.83. The van der Waals surface area contributed by atoms with Gasteiger partial charge in [0.2, 0.25) is 5.82 Å². The van der Waals surface area contributed by atoms with Crippen molar-refractivity contribution in [3.8, 4) is 11.8 Å². The summed E-state index contributed by atoms with van der Waals surface area (Å²) in [6.45, 7) is 2.06. The molecule has 5 nitrogen and oxygen atoms in total. The van der Waals surface area contributed by atoms with E-state index in [1.54, 1.807) is 6.92 Å². The molecule has 0 radical (unpaired) electrons. The Hall–Kier alpha value is -2.09. The Labute approximate surface area is 81.3 Å². The van der Waals surface area contributed by atoms with Crippen LogP contribution in [0.3, 0.4) is 0 Å². The monoisotopic (exact) mass is 191 g/mol. The van der Waals surface area contributed by atoms with E-state index in [0.29, 0.717) is 6.54 Å². The van der Waals surface area contributed by atoms with Crippen LogP contribution in [0.2, 0.25) is 0 Å². The summed E-state index contributed by atoms with van der Waals surface area (Å²) in [5.74, 6) is 5.67. The van der Waals surface area contributed by atoms with Gasteiger partial charge in [-0.2, -0.15) is 0 Å². The van der Waals surface area contributed by atoms with Gasteiger partial charge in [0.15, 0.2) is 0 Å². The molecule has 0 amide bonds. The number of nitrogens with one attached hydrogen (secondary N) is 1. The molecule has 1 heterocycles. The molecule has 1 aromatic heterocycles. The van der Waals surface area contributed by atoms with Gasteiger partial charge in [-0.05, 0) is 13.0 Å². The van der Waals surface area contributed by atoms with Crippen LogP contribution >= 0.6 is 0 Å². The topological polar surface area (TPSA) is 68.1 Å². The van der Waals surface area contributed by atoms with Crippen molar-refractivity contribution >= 4 is 11.5 Å². The zero-order valence-electron chi connectivity index (χ0n) is 7.65. The third-order valence-electron chi connectivity index (χ3n) is 1.50. The van der Waals surface area contributed by atoms with E-state index in [4.69, 9.17) is 0 Å². The molecule has 1 rings (SSSR count). The van der Waals surface area contributed by atoms with Crippen LogP contribution in [0.25, 0.3) is 0 Å². The summed E-state index contributed by atoms with van der Waals surface area (Å²) < 4.78 is 0. The normalized spacial score (nSPS) is 8.64. The molecule has 5 heteroatoms. The molecule has 1 N–H and O–H groups in total. The smallest absolute Gasteiger partial charge is 0.311 e. The molecule has 14 heavy (non-hydrogen) atoms. The van der Waals surface area contributed by atoms with Crippen LogP contribution in [0.4, 0.5) is 11.5 Å². The molecule has 0 fully saturated rings. The molecule has 0 atom stereocenters. The Bertz CT molecular complexity index is 393. The van der Waals surface area contributed by atoms with Gasteiger partial charge in [-0.15, -0.1) is 5.92 Å². The number of pyridine rings is 1. The molecule has 0 aliphatic heterocycles. The van der Waals surface area contributed by atoms with E-state index in [2.05, 4.69) is 22.1 Å². The van der Waals surface area contributed by atoms with Crippen molar-refractivity contribution in [3.05, 3.63) is 28.4 Å². The van der Waals surface area contributed by atoms with Crippen LogP contribution in [0.1, 0.15) is 6.92 Å². The van der Waals surface area contributed by atoms with Crippen LogP contribution in [0.5, 0.6) is 0 Å². The van der Waals surface area contributed by atoms with Crippen molar-refractivity contribution in [3.63, 3.8) is 0 Å². The number of nitro groups is 1. The fourth-order valence-electron chi connectivity index (χ4n) is 0.897. The molecule has 0 saturated heterocycles. The van der Waals surface area contributed by atoms with Crippen molar-refractivity contribution in [2.45, 2.75) is 6.92 Å². The Kier molecular flexibility index (Phi) is 3.44. The highest BCUT2D eigenvalue weighted by atomic mass is 16.6. The van der Waals surface area contributed by atoms with Crippen LogP contribution in [0.15, 0.2) is 18.3 Å². The van der Waals surface area contributed by atoms with Crippen LogP contribution in [-0.2, 0) is 0 Å². The molecule has 0 spiro atoms. The van der Waals surface area contributed by atoms with E-state index < -0.39 is 4.92 Å². The fourth-order valence-corrected chi connectivity index (χ4v) is 0.897. The fraction of sp³-hybridized carbons (Fsp3) is 0.222. The average molecular weight is 191 g/mol. The van der Waals surface area contributed by atoms with Gasteiger partial charge in [-0.3, -0.25) is 10.1 Å². The summed E-state index contributed by atoms with van der Waals surface area (Å²) in [5.41, 5.74) is -0.0367.